The van der Waals surface area contributed by atoms with Crippen molar-refractivity contribution < 1.29 is 9.13 Å². The third-order valence-corrected chi connectivity index (χ3v) is 3.68. The summed E-state index contributed by atoms with van der Waals surface area (Å²) < 4.78 is 18.6. The molecular formula is C13H18FNO. The molecule has 2 N–H and O–H groups in total. The predicted octanol–water partition coefficient (Wildman–Crippen LogP) is 2.46. The molecule has 0 amide bonds. The Morgan fingerprint density at radius 1 is 1.50 bits per heavy atom. The van der Waals surface area contributed by atoms with Crippen LogP contribution in [0.4, 0.5) is 4.39 Å². The highest BCUT2D eigenvalue weighted by Crippen LogP contribution is 2.49. The predicted molar refractivity (Wildman–Crippen MR) is 62.1 cm³/mol. The van der Waals surface area contributed by atoms with Crippen LogP contribution in [0.2, 0.25) is 0 Å². The Morgan fingerprint density at radius 3 is 2.69 bits per heavy atom. The Kier molecular flexibility index (Phi) is 2.89. The second-order valence-electron chi connectivity index (χ2n) is 4.74. The highest BCUT2D eigenvalue weighted by atomic mass is 19.1. The van der Waals surface area contributed by atoms with Crippen LogP contribution in [0.3, 0.4) is 0 Å². The van der Waals surface area contributed by atoms with Gasteiger partial charge in [0.05, 0.1) is 7.11 Å². The van der Waals surface area contributed by atoms with Crippen molar-refractivity contribution in [3.8, 4) is 5.75 Å². The van der Waals surface area contributed by atoms with E-state index in [2.05, 4.69) is 6.92 Å². The zero-order valence-electron chi connectivity index (χ0n) is 9.79. The third kappa shape index (κ3) is 1.80. The van der Waals surface area contributed by atoms with Crippen LogP contribution in [0.15, 0.2) is 18.2 Å². The minimum atomic E-state index is -0.226. The van der Waals surface area contributed by atoms with Crippen LogP contribution in [-0.4, -0.2) is 13.7 Å². The maximum absolute atomic E-state index is 13.3. The summed E-state index contributed by atoms with van der Waals surface area (Å²) in [6, 6.07) is 4.66. The molecule has 1 aromatic carbocycles. The van der Waals surface area contributed by atoms with Crippen molar-refractivity contribution in [3.63, 3.8) is 0 Å². The van der Waals surface area contributed by atoms with Gasteiger partial charge in [0, 0.05) is 17.5 Å². The van der Waals surface area contributed by atoms with Gasteiger partial charge in [-0.1, -0.05) is 6.92 Å². The van der Waals surface area contributed by atoms with Gasteiger partial charge in [-0.15, -0.1) is 0 Å². The molecule has 0 spiro atoms. The van der Waals surface area contributed by atoms with Crippen molar-refractivity contribution >= 4 is 0 Å². The molecule has 0 aromatic heterocycles. The van der Waals surface area contributed by atoms with Gasteiger partial charge >= 0.3 is 0 Å². The average Bonchev–Trinajstić information content (AvgIpc) is 3.12. The first-order chi connectivity index (χ1) is 7.61. The Labute approximate surface area is 95.6 Å². The Morgan fingerprint density at radius 2 is 2.19 bits per heavy atom. The van der Waals surface area contributed by atoms with E-state index in [0.717, 1.165) is 11.3 Å². The molecule has 1 atom stereocenters. The van der Waals surface area contributed by atoms with E-state index in [1.165, 1.54) is 18.9 Å². The Bertz CT molecular complexity index is 390. The summed E-state index contributed by atoms with van der Waals surface area (Å²) in [6.45, 7) is 2.62. The number of methoxy groups -OCH3 is 1. The number of halogens is 1. The molecule has 1 aliphatic carbocycles. The van der Waals surface area contributed by atoms with E-state index in [1.54, 1.807) is 19.2 Å². The second-order valence-corrected chi connectivity index (χ2v) is 4.74. The third-order valence-electron chi connectivity index (χ3n) is 3.68. The van der Waals surface area contributed by atoms with E-state index in [-0.39, 0.29) is 11.2 Å². The van der Waals surface area contributed by atoms with Crippen molar-refractivity contribution in [1.29, 1.82) is 0 Å². The van der Waals surface area contributed by atoms with Crippen molar-refractivity contribution in [1.82, 2.24) is 0 Å². The lowest BCUT2D eigenvalue weighted by atomic mass is 9.77. The molecule has 1 unspecified atom stereocenters. The molecule has 1 fully saturated rings. The summed E-state index contributed by atoms with van der Waals surface area (Å²) in [5.41, 5.74) is 6.62. The summed E-state index contributed by atoms with van der Waals surface area (Å²) in [4.78, 5) is 0. The zero-order chi connectivity index (χ0) is 11.8. The molecule has 88 valence electrons. The SMILES string of the molecule is COc1ccc(F)cc1C(C)(CN)C1CC1. The summed E-state index contributed by atoms with van der Waals surface area (Å²) in [6.07, 6.45) is 2.35. The highest BCUT2D eigenvalue weighted by Gasteiger charge is 2.43. The number of rotatable bonds is 4. The van der Waals surface area contributed by atoms with Crippen molar-refractivity contribution in [3.05, 3.63) is 29.6 Å². The van der Waals surface area contributed by atoms with E-state index in [4.69, 9.17) is 10.5 Å². The molecule has 2 rings (SSSR count). The van der Waals surface area contributed by atoms with E-state index in [0.29, 0.717) is 12.5 Å². The number of nitrogens with two attached hydrogens (primary N) is 1. The fourth-order valence-corrected chi connectivity index (χ4v) is 2.34. The number of ether oxygens (including phenoxy) is 1. The van der Waals surface area contributed by atoms with Crippen LogP contribution in [0.5, 0.6) is 5.75 Å². The van der Waals surface area contributed by atoms with Crippen LogP contribution in [-0.2, 0) is 5.41 Å². The minimum Gasteiger partial charge on any atom is -0.496 e. The molecule has 1 aromatic rings. The van der Waals surface area contributed by atoms with Crippen molar-refractivity contribution in [2.75, 3.05) is 13.7 Å². The van der Waals surface area contributed by atoms with Gasteiger partial charge in [-0.25, -0.2) is 4.39 Å². The van der Waals surface area contributed by atoms with Crippen molar-refractivity contribution in [2.24, 2.45) is 11.7 Å². The molecule has 3 heteroatoms. The number of hydrogen-bond donors (Lipinski definition) is 1. The summed E-state index contributed by atoms with van der Waals surface area (Å²) in [5, 5.41) is 0. The van der Waals surface area contributed by atoms with Crippen molar-refractivity contribution in [2.45, 2.75) is 25.2 Å². The second kappa shape index (κ2) is 4.06. The lowest BCUT2D eigenvalue weighted by molar-refractivity contribution is 0.364. The first-order valence-electron chi connectivity index (χ1n) is 5.66. The quantitative estimate of drug-likeness (QED) is 0.851. The fourth-order valence-electron chi connectivity index (χ4n) is 2.34. The van der Waals surface area contributed by atoms with Gasteiger partial charge in [-0.3, -0.25) is 0 Å². The maximum Gasteiger partial charge on any atom is 0.123 e. The molecule has 16 heavy (non-hydrogen) atoms. The molecule has 1 saturated carbocycles. The highest BCUT2D eigenvalue weighted by molar-refractivity contribution is 5.41. The smallest absolute Gasteiger partial charge is 0.123 e. The molecule has 0 bridgehead atoms. The molecule has 0 heterocycles. The largest absolute Gasteiger partial charge is 0.496 e. The van der Waals surface area contributed by atoms with E-state index in [1.807, 2.05) is 0 Å². The maximum atomic E-state index is 13.3. The van der Waals surface area contributed by atoms with E-state index in [9.17, 15) is 4.39 Å². The molecule has 0 saturated heterocycles. The van der Waals surface area contributed by atoms with Crippen LogP contribution < -0.4 is 10.5 Å². The summed E-state index contributed by atoms with van der Waals surface area (Å²) in [5.74, 6) is 1.07. The van der Waals surface area contributed by atoms with Crippen LogP contribution >= 0.6 is 0 Å². The van der Waals surface area contributed by atoms with Crippen LogP contribution in [0.1, 0.15) is 25.3 Å². The lowest BCUT2D eigenvalue weighted by Gasteiger charge is -2.30. The van der Waals surface area contributed by atoms with E-state index >= 15 is 0 Å². The van der Waals surface area contributed by atoms with Gasteiger partial charge in [-0.2, -0.15) is 0 Å². The summed E-state index contributed by atoms with van der Waals surface area (Å²) in [7, 11) is 1.61. The van der Waals surface area contributed by atoms with Gasteiger partial charge < -0.3 is 10.5 Å². The van der Waals surface area contributed by atoms with Crippen LogP contribution in [0, 0.1) is 11.7 Å². The minimum absolute atomic E-state index is 0.159. The van der Waals surface area contributed by atoms with Gasteiger partial charge in [0.2, 0.25) is 0 Å². The van der Waals surface area contributed by atoms with E-state index < -0.39 is 0 Å². The van der Waals surface area contributed by atoms with Gasteiger partial charge in [0.15, 0.2) is 0 Å². The van der Waals surface area contributed by atoms with Crippen LogP contribution in [0.25, 0.3) is 0 Å². The van der Waals surface area contributed by atoms with Gasteiger partial charge in [0.1, 0.15) is 11.6 Å². The van der Waals surface area contributed by atoms with Gasteiger partial charge in [0.25, 0.3) is 0 Å². The van der Waals surface area contributed by atoms with Gasteiger partial charge in [-0.05, 0) is 37.0 Å². The Balaban J connectivity index is 2.47. The first kappa shape index (κ1) is 11.4. The normalized spacial score (nSPS) is 19.2. The molecule has 2 nitrogen and oxygen atoms in total. The molecule has 0 aliphatic heterocycles. The standard InChI is InChI=1S/C13H18FNO/c1-13(8-15,9-3-4-9)11-7-10(14)5-6-12(11)16-2/h5-7,9H,3-4,8,15H2,1-2H3. The number of hydrogen-bond acceptors (Lipinski definition) is 2. The summed E-state index contributed by atoms with van der Waals surface area (Å²) >= 11 is 0. The monoisotopic (exact) mass is 223 g/mol. The lowest BCUT2D eigenvalue weighted by Crippen LogP contribution is -2.34. The zero-order valence-corrected chi connectivity index (χ0v) is 9.79. The average molecular weight is 223 g/mol. The first-order valence-corrected chi connectivity index (χ1v) is 5.66. The molecular weight excluding hydrogens is 205 g/mol. The molecule has 0 radical (unpaired) electrons. The topological polar surface area (TPSA) is 35.2 Å². The Hall–Kier alpha value is -1.09. The number of benzene rings is 1. The fraction of sp³-hybridized carbons (Fsp3) is 0.538. The molecule has 1 aliphatic rings.